The Bertz CT molecular complexity index is 942. The molecule has 25 heavy (non-hydrogen) atoms. The van der Waals surface area contributed by atoms with Gasteiger partial charge in [-0.25, -0.2) is 0 Å². The lowest BCUT2D eigenvalue weighted by Crippen LogP contribution is -2.34. The lowest BCUT2D eigenvalue weighted by atomic mass is 10.1. The normalized spacial score (nSPS) is 10.3. The molecule has 0 saturated heterocycles. The molecule has 0 aliphatic heterocycles. The standard InChI is InChI=1S/C19H15ClN2O2S/c1-24-17-11-13-5-3-2-4-12(13)10-16(17)18(23)22-19(25)21-15-8-6-14(20)7-9-15/h2-11H,1H3,(H2,21,22,23,25). The van der Waals surface area contributed by atoms with E-state index in [1.54, 1.807) is 30.3 Å². The van der Waals surface area contributed by atoms with Crippen LogP contribution in [0.3, 0.4) is 0 Å². The minimum atomic E-state index is -0.339. The van der Waals surface area contributed by atoms with Crippen LogP contribution in [0.25, 0.3) is 10.8 Å². The highest BCUT2D eigenvalue weighted by atomic mass is 35.5. The number of halogens is 1. The summed E-state index contributed by atoms with van der Waals surface area (Å²) in [5.74, 6) is 0.152. The van der Waals surface area contributed by atoms with Crippen LogP contribution in [-0.4, -0.2) is 18.1 Å². The van der Waals surface area contributed by atoms with Crippen LogP contribution in [0.15, 0.2) is 60.7 Å². The van der Waals surface area contributed by atoms with Crippen molar-refractivity contribution in [1.29, 1.82) is 0 Å². The predicted octanol–water partition coefficient (Wildman–Crippen LogP) is 4.63. The maximum atomic E-state index is 12.6. The Morgan fingerprint density at radius 1 is 1.04 bits per heavy atom. The van der Waals surface area contributed by atoms with E-state index in [4.69, 9.17) is 28.6 Å². The number of methoxy groups -OCH3 is 1. The van der Waals surface area contributed by atoms with E-state index >= 15 is 0 Å². The molecule has 0 atom stereocenters. The van der Waals surface area contributed by atoms with Gasteiger partial charge in [-0.1, -0.05) is 35.9 Å². The maximum absolute atomic E-state index is 12.6. The minimum Gasteiger partial charge on any atom is -0.496 e. The average molecular weight is 371 g/mol. The van der Waals surface area contributed by atoms with E-state index in [0.717, 1.165) is 16.5 Å². The molecule has 0 unspecified atom stereocenters. The zero-order chi connectivity index (χ0) is 17.8. The maximum Gasteiger partial charge on any atom is 0.261 e. The average Bonchev–Trinajstić information content (AvgIpc) is 2.62. The van der Waals surface area contributed by atoms with Crippen molar-refractivity contribution in [3.05, 3.63) is 71.2 Å². The van der Waals surface area contributed by atoms with Gasteiger partial charge in [-0.05, 0) is 59.4 Å². The molecule has 0 radical (unpaired) electrons. The van der Waals surface area contributed by atoms with Crippen molar-refractivity contribution in [2.75, 3.05) is 12.4 Å². The largest absolute Gasteiger partial charge is 0.496 e. The second-order valence-corrected chi connectivity index (χ2v) is 6.16. The van der Waals surface area contributed by atoms with Crippen LogP contribution >= 0.6 is 23.8 Å². The van der Waals surface area contributed by atoms with Gasteiger partial charge in [0.2, 0.25) is 0 Å². The fraction of sp³-hybridized carbons (Fsp3) is 0.0526. The van der Waals surface area contributed by atoms with E-state index in [0.29, 0.717) is 16.3 Å². The Morgan fingerprint density at radius 2 is 1.68 bits per heavy atom. The summed E-state index contributed by atoms with van der Waals surface area (Å²) in [4.78, 5) is 12.6. The van der Waals surface area contributed by atoms with Gasteiger partial charge in [0.05, 0.1) is 12.7 Å². The molecule has 126 valence electrons. The SMILES string of the molecule is COc1cc2ccccc2cc1C(=O)NC(=S)Nc1ccc(Cl)cc1. The third-order valence-corrected chi connectivity index (χ3v) is 4.10. The van der Waals surface area contributed by atoms with Crippen molar-refractivity contribution < 1.29 is 9.53 Å². The summed E-state index contributed by atoms with van der Waals surface area (Å²) >= 11 is 11.1. The molecule has 2 N–H and O–H groups in total. The highest BCUT2D eigenvalue weighted by molar-refractivity contribution is 7.80. The Labute approximate surface area is 155 Å². The third-order valence-electron chi connectivity index (χ3n) is 3.64. The number of hydrogen-bond donors (Lipinski definition) is 2. The molecule has 6 heteroatoms. The first-order valence-corrected chi connectivity index (χ1v) is 8.30. The van der Waals surface area contributed by atoms with Crippen LogP contribution in [0.4, 0.5) is 5.69 Å². The van der Waals surface area contributed by atoms with Gasteiger partial charge in [0.25, 0.3) is 5.91 Å². The quantitative estimate of drug-likeness (QED) is 0.660. The summed E-state index contributed by atoms with van der Waals surface area (Å²) in [6, 6.07) is 18.4. The molecule has 1 amide bonds. The molecule has 0 fully saturated rings. The molecular formula is C19H15ClN2O2S. The summed E-state index contributed by atoms with van der Waals surface area (Å²) in [6.45, 7) is 0. The van der Waals surface area contributed by atoms with Gasteiger partial charge in [0.15, 0.2) is 5.11 Å². The number of rotatable bonds is 3. The number of nitrogens with one attached hydrogen (secondary N) is 2. The van der Waals surface area contributed by atoms with E-state index in [1.807, 2.05) is 30.3 Å². The molecule has 0 heterocycles. The molecule has 3 rings (SSSR count). The fourth-order valence-electron chi connectivity index (χ4n) is 2.43. The molecule has 4 nitrogen and oxygen atoms in total. The lowest BCUT2D eigenvalue weighted by Gasteiger charge is -2.13. The molecule has 0 saturated carbocycles. The topological polar surface area (TPSA) is 50.4 Å². The molecule has 0 bridgehead atoms. The number of anilines is 1. The Hall–Kier alpha value is -2.63. The highest BCUT2D eigenvalue weighted by Crippen LogP contribution is 2.26. The van der Waals surface area contributed by atoms with Gasteiger partial charge in [-0.15, -0.1) is 0 Å². The van der Waals surface area contributed by atoms with E-state index in [9.17, 15) is 4.79 Å². The monoisotopic (exact) mass is 370 g/mol. The lowest BCUT2D eigenvalue weighted by molar-refractivity contribution is 0.0975. The summed E-state index contributed by atoms with van der Waals surface area (Å²) in [6.07, 6.45) is 0. The zero-order valence-electron chi connectivity index (χ0n) is 13.4. The summed E-state index contributed by atoms with van der Waals surface area (Å²) in [5.41, 5.74) is 1.15. The first-order chi connectivity index (χ1) is 12.1. The van der Waals surface area contributed by atoms with E-state index < -0.39 is 0 Å². The van der Waals surface area contributed by atoms with Crippen molar-refractivity contribution in [2.45, 2.75) is 0 Å². The number of hydrogen-bond acceptors (Lipinski definition) is 3. The number of benzene rings is 3. The molecule has 3 aromatic rings. The first kappa shape index (κ1) is 17.2. The van der Waals surface area contributed by atoms with Gasteiger partial charge in [-0.3, -0.25) is 10.1 Å². The van der Waals surface area contributed by atoms with Crippen LogP contribution in [0.1, 0.15) is 10.4 Å². The predicted molar refractivity (Wildman–Crippen MR) is 106 cm³/mol. The molecule has 0 spiro atoms. The summed E-state index contributed by atoms with van der Waals surface area (Å²) < 4.78 is 5.35. The van der Waals surface area contributed by atoms with E-state index in [1.165, 1.54) is 7.11 Å². The van der Waals surface area contributed by atoms with E-state index in [2.05, 4.69) is 10.6 Å². The van der Waals surface area contributed by atoms with Crippen molar-refractivity contribution in [3.8, 4) is 5.75 Å². The number of fused-ring (bicyclic) bond motifs is 1. The molecule has 3 aromatic carbocycles. The van der Waals surface area contributed by atoms with Crippen LogP contribution in [0, 0.1) is 0 Å². The Morgan fingerprint density at radius 3 is 2.32 bits per heavy atom. The second kappa shape index (κ2) is 7.51. The minimum absolute atomic E-state index is 0.197. The fourth-order valence-corrected chi connectivity index (χ4v) is 2.77. The van der Waals surface area contributed by atoms with Crippen molar-refractivity contribution in [2.24, 2.45) is 0 Å². The van der Waals surface area contributed by atoms with Crippen LogP contribution in [0.5, 0.6) is 5.75 Å². The van der Waals surface area contributed by atoms with Crippen LogP contribution in [-0.2, 0) is 0 Å². The van der Waals surface area contributed by atoms with Crippen LogP contribution in [0.2, 0.25) is 5.02 Å². The second-order valence-electron chi connectivity index (χ2n) is 5.31. The number of ether oxygens (including phenoxy) is 1. The van der Waals surface area contributed by atoms with Crippen molar-refractivity contribution in [3.63, 3.8) is 0 Å². The van der Waals surface area contributed by atoms with Gasteiger partial charge in [0, 0.05) is 10.7 Å². The van der Waals surface area contributed by atoms with Gasteiger partial charge < -0.3 is 10.1 Å². The van der Waals surface area contributed by atoms with E-state index in [-0.39, 0.29) is 11.0 Å². The zero-order valence-corrected chi connectivity index (χ0v) is 14.9. The smallest absolute Gasteiger partial charge is 0.261 e. The van der Waals surface area contributed by atoms with Gasteiger partial charge >= 0.3 is 0 Å². The number of carbonyl (C=O) groups is 1. The van der Waals surface area contributed by atoms with Crippen molar-refractivity contribution in [1.82, 2.24) is 5.32 Å². The molecule has 0 aliphatic rings. The highest BCUT2D eigenvalue weighted by Gasteiger charge is 2.15. The number of thiocarbonyl (C=S) groups is 1. The Balaban J connectivity index is 1.79. The third kappa shape index (κ3) is 4.07. The summed E-state index contributed by atoms with van der Waals surface area (Å²) in [7, 11) is 1.53. The Kier molecular flexibility index (Phi) is 5.16. The number of amides is 1. The molecular weight excluding hydrogens is 356 g/mol. The van der Waals surface area contributed by atoms with Crippen LogP contribution < -0.4 is 15.4 Å². The number of carbonyl (C=O) groups excluding carboxylic acids is 1. The summed E-state index contributed by atoms with van der Waals surface area (Å²) in [5, 5.41) is 8.38. The molecule has 0 aromatic heterocycles. The molecule has 0 aliphatic carbocycles. The first-order valence-electron chi connectivity index (χ1n) is 7.51. The van der Waals surface area contributed by atoms with Crippen molar-refractivity contribution >= 4 is 51.3 Å². The van der Waals surface area contributed by atoms with Gasteiger partial charge in [0.1, 0.15) is 5.75 Å². The van der Waals surface area contributed by atoms with Gasteiger partial charge in [-0.2, -0.15) is 0 Å².